The molecule has 2 heterocycles. The first-order valence-electron chi connectivity index (χ1n) is 7.12. The average molecular weight is 290 g/mol. The van der Waals surface area contributed by atoms with Gasteiger partial charge in [-0.25, -0.2) is 9.50 Å². The van der Waals surface area contributed by atoms with E-state index in [4.69, 9.17) is 0 Å². The predicted octanol–water partition coefficient (Wildman–Crippen LogP) is 2.11. The Balaban J connectivity index is 2.32. The van der Waals surface area contributed by atoms with Gasteiger partial charge < -0.3 is 5.11 Å². The minimum Gasteiger partial charge on any atom is -0.480 e. The van der Waals surface area contributed by atoms with Gasteiger partial charge >= 0.3 is 5.97 Å². The SMILES string of the molecule is Cc1cc2ncc(C(C)NC(C(=O)O)C(C)C)c(C)n2n1. The lowest BCUT2D eigenvalue weighted by atomic mass is 10.0. The molecule has 0 aromatic carbocycles. The standard InChI is InChI=1S/C15H22N4O2/c1-8(2)14(15(20)21)17-10(4)12-7-16-13-6-9(3)18-19(13)11(12)5/h6-8,10,14,17H,1-5H3,(H,20,21). The summed E-state index contributed by atoms with van der Waals surface area (Å²) in [4.78, 5) is 15.7. The third kappa shape index (κ3) is 3.05. The lowest BCUT2D eigenvalue weighted by Crippen LogP contribution is -2.42. The Kier molecular flexibility index (Phi) is 4.27. The number of hydrogen-bond donors (Lipinski definition) is 2. The summed E-state index contributed by atoms with van der Waals surface area (Å²) in [6.45, 7) is 9.63. The molecule has 0 aliphatic rings. The molecule has 2 aromatic rings. The highest BCUT2D eigenvalue weighted by atomic mass is 16.4. The highest BCUT2D eigenvalue weighted by Crippen LogP contribution is 2.19. The number of carboxylic acid groups (broad SMARTS) is 1. The fourth-order valence-electron chi connectivity index (χ4n) is 2.51. The summed E-state index contributed by atoms with van der Waals surface area (Å²) < 4.78 is 1.80. The Morgan fingerprint density at radius 1 is 1.33 bits per heavy atom. The van der Waals surface area contributed by atoms with Gasteiger partial charge in [-0.3, -0.25) is 10.1 Å². The molecule has 2 aromatic heterocycles. The van der Waals surface area contributed by atoms with Crippen LogP contribution in [0.5, 0.6) is 0 Å². The average Bonchev–Trinajstić information content (AvgIpc) is 2.77. The third-order valence-corrected chi connectivity index (χ3v) is 3.71. The maximum atomic E-state index is 11.3. The van der Waals surface area contributed by atoms with E-state index < -0.39 is 12.0 Å². The molecule has 21 heavy (non-hydrogen) atoms. The van der Waals surface area contributed by atoms with Crippen molar-refractivity contribution in [1.82, 2.24) is 19.9 Å². The molecule has 2 rings (SSSR count). The first kappa shape index (κ1) is 15.4. The molecule has 0 amide bonds. The maximum Gasteiger partial charge on any atom is 0.320 e. The number of fused-ring (bicyclic) bond motifs is 1. The fraction of sp³-hybridized carbons (Fsp3) is 0.533. The Hall–Kier alpha value is -1.95. The lowest BCUT2D eigenvalue weighted by Gasteiger charge is -2.24. The van der Waals surface area contributed by atoms with E-state index >= 15 is 0 Å². The van der Waals surface area contributed by atoms with Crippen molar-refractivity contribution in [2.24, 2.45) is 5.92 Å². The van der Waals surface area contributed by atoms with Gasteiger partial charge in [0.25, 0.3) is 0 Å². The molecule has 0 bridgehead atoms. The molecule has 0 saturated carbocycles. The molecule has 0 aliphatic heterocycles. The zero-order chi connectivity index (χ0) is 15.7. The Morgan fingerprint density at radius 2 is 2.00 bits per heavy atom. The molecular formula is C15H22N4O2. The highest BCUT2D eigenvalue weighted by molar-refractivity contribution is 5.73. The first-order chi connectivity index (χ1) is 9.81. The van der Waals surface area contributed by atoms with Gasteiger partial charge in [0.1, 0.15) is 6.04 Å². The van der Waals surface area contributed by atoms with Crippen molar-refractivity contribution in [3.63, 3.8) is 0 Å². The summed E-state index contributed by atoms with van der Waals surface area (Å²) in [7, 11) is 0. The summed E-state index contributed by atoms with van der Waals surface area (Å²) in [6, 6.07) is 1.22. The summed E-state index contributed by atoms with van der Waals surface area (Å²) in [5, 5.41) is 16.9. The van der Waals surface area contributed by atoms with Crippen LogP contribution in [0.2, 0.25) is 0 Å². The van der Waals surface area contributed by atoms with Crippen molar-refractivity contribution in [1.29, 1.82) is 0 Å². The van der Waals surface area contributed by atoms with Crippen LogP contribution in [0.25, 0.3) is 5.65 Å². The van der Waals surface area contributed by atoms with E-state index in [0.717, 1.165) is 22.6 Å². The number of rotatable bonds is 5. The smallest absolute Gasteiger partial charge is 0.320 e. The van der Waals surface area contributed by atoms with Crippen LogP contribution in [0, 0.1) is 19.8 Å². The Morgan fingerprint density at radius 3 is 2.57 bits per heavy atom. The van der Waals surface area contributed by atoms with Crippen LogP contribution < -0.4 is 5.32 Å². The van der Waals surface area contributed by atoms with Crippen molar-refractivity contribution in [3.8, 4) is 0 Å². The van der Waals surface area contributed by atoms with Crippen LogP contribution in [0.4, 0.5) is 0 Å². The molecule has 0 fully saturated rings. The minimum atomic E-state index is -0.835. The predicted molar refractivity (Wildman–Crippen MR) is 80.3 cm³/mol. The molecule has 2 unspecified atom stereocenters. The van der Waals surface area contributed by atoms with Crippen LogP contribution in [-0.2, 0) is 4.79 Å². The minimum absolute atomic E-state index is 0.00824. The van der Waals surface area contributed by atoms with Crippen LogP contribution in [0.3, 0.4) is 0 Å². The molecule has 6 nitrogen and oxygen atoms in total. The molecule has 0 radical (unpaired) electrons. The summed E-state index contributed by atoms with van der Waals surface area (Å²) >= 11 is 0. The van der Waals surface area contributed by atoms with Gasteiger partial charge in [-0.15, -0.1) is 0 Å². The normalized spacial score (nSPS) is 14.6. The molecule has 0 spiro atoms. The molecule has 114 valence electrons. The van der Waals surface area contributed by atoms with E-state index in [1.165, 1.54) is 0 Å². The van der Waals surface area contributed by atoms with Crippen LogP contribution >= 0.6 is 0 Å². The van der Waals surface area contributed by atoms with Crippen LogP contribution in [0.15, 0.2) is 12.3 Å². The van der Waals surface area contributed by atoms with Gasteiger partial charge in [-0.05, 0) is 26.7 Å². The topological polar surface area (TPSA) is 79.5 Å². The quantitative estimate of drug-likeness (QED) is 0.881. The molecular weight excluding hydrogens is 268 g/mol. The Bertz CT molecular complexity index is 663. The van der Waals surface area contributed by atoms with E-state index in [1.54, 1.807) is 10.7 Å². The number of carboxylic acids is 1. The Labute approximate surface area is 124 Å². The number of nitrogens with one attached hydrogen (secondary N) is 1. The molecule has 0 saturated heterocycles. The zero-order valence-electron chi connectivity index (χ0n) is 13.1. The van der Waals surface area contributed by atoms with E-state index in [-0.39, 0.29) is 12.0 Å². The van der Waals surface area contributed by atoms with Crippen LogP contribution in [0.1, 0.15) is 43.8 Å². The third-order valence-electron chi connectivity index (χ3n) is 3.71. The maximum absolute atomic E-state index is 11.3. The van der Waals surface area contributed by atoms with Crippen molar-refractivity contribution in [2.45, 2.75) is 46.7 Å². The second-order valence-electron chi connectivity index (χ2n) is 5.80. The van der Waals surface area contributed by atoms with E-state index in [9.17, 15) is 9.90 Å². The summed E-state index contributed by atoms with van der Waals surface area (Å²) in [5.74, 6) is -0.827. The zero-order valence-corrected chi connectivity index (χ0v) is 13.1. The number of carbonyl (C=O) groups is 1. The van der Waals surface area contributed by atoms with E-state index in [2.05, 4.69) is 15.4 Å². The van der Waals surface area contributed by atoms with Crippen LogP contribution in [-0.4, -0.2) is 31.7 Å². The van der Waals surface area contributed by atoms with Crippen molar-refractivity contribution < 1.29 is 9.90 Å². The second kappa shape index (κ2) is 5.81. The first-order valence-corrected chi connectivity index (χ1v) is 7.12. The summed E-state index contributed by atoms with van der Waals surface area (Å²) in [5.41, 5.74) is 3.65. The second-order valence-corrected chi connectivity index (χ2v) is 5.80. The molecule has 6 heteroatoms. The molecule has 2 N–H and O–H groups in total. The number of aliphatic carboxylic acids is 1. The lowest BCUT2D eigenvalue weighted by molar-refractivity contribution is -0.140. The van der Waals surface area contributed by atoms with Gasteiger partial charge in [0.2, 0.25) is 0 Å². The van der Waals surface area contributed by atoms with E-state index in [0.29, 0.717) is 0 Å². The summed E-state index contributed by atoms with van der Waals surface area (Å²) in [6.07, 6.45) is 1.79. The van der Waals surface area contributed by atoms with Crippen molar-refractivity contribution in [2.75, 3.05) is 0 Å². The monoisotopic (exact) mass is 290 g/mol. The van der Waals surface area contributed by atoms with Gasteiger partial charge in [0.15, 0.2) is 5.65 Å². The van der Waals surface area contributed by atoms with Crippen molar-refractivity contribution in [3.05, 3.63) is 29.2 Å². The van der Waals surface area contributed by atoms with E-state index in [1.807, 2.05) is 40.7 Å². The van der Waals surface area contributed by atoms with Gasteiger partial charge in [0, 0.05) is 29.6 Å². The number of nitrogens with zero attached hydrogens (tertiary/aromatic N) is 3. The van der Waals surface area contributed by atoms with Gasteiger partial charge in [0.05, 0.1) is 5.69 Å². The number of aryl methyl sites for hydroxylation is 2. The highest BCUT2D eigenvalue weighted by Gasteiger charge is 2.24. The molecule has 2 atom stereocenters. The fourth-order valence-corrected chi connectivity index (χ4v) is 2.51. The van der Waals surface area contributed by atoms with Gasteiger partial charge in [-0.2, -0.15) is 5.10 Å². The van der Waals surface area contributed by atoms with Crippen molar-refractivity contribution >= 4 is 11.6 Å². The van der Waals surface area contributed by atoms with Gasteiger partial charge in [-0.1, -0.05) is 13.8 Å². The molecule has 0 aliphatic carbocycles. The number of hydrogen-bond acceptors (Lipinski definition) is 4. The largest absolute Gasteiger partial charge is 0.480 e. The number of aromatic nitrogens is 3.